The van der Waals surface area contributed by atoms with Gasteiger partial charge in [-0.1, -0.05) is 29.8 Å². The molecule has 0 unspecified atom stereocenters. The fourth-order valence-electron chi connectivity index (χ4n) is 1.92. The Labute approximate surface area is 101 Å². The molecule has 0 radical (unpaired) electrons. The predicted octanol–water partition coefficient (Wildman–Crippen LogP) is 3.69. The van der Waals surface area contributed by atoms with Crippen LogP contribution in [0.25, 0.3) is 11.1 Å². The number of aromatic hydroxyl groups is 2. The minimum Gasteiger partial charge on any atom is -0.504 e. The van der Waals surface area contributed by atoms with Crippen molar-refractivity contribution in [1.29, 1.82) is 0 Å². The van der Waals surface area contributed by atoms with E-state index in [1.165, 1.54) is 5.56 Å². The van der Waals surface area contributed by atoms with Crippen LogP contribution in [0.2, 0.25) is 0 Å². The third-order valence-electron chi connectivity index (χ3n) is 3.21. The molecule has 2 aromatic rings. The molecule has 0 aliphatic rings. The number of aryl methyl sites for hydroxylation is 1. The van der Waals surface area contributed by atoms with Crippen LogP contribution in [0.3, 0.4) is 0 Å². The molecule has 0 amide bonds. The molecule has 0 bridgehead atoms. The fraction of sp³-hybridized carbons (Fsp3) is 0.200. The zero-order valence-corrected chi connectivity index (χ0v) is 10.3. The summed E-state index contributed by atoms with van der Waals surface area (Å²) < 4.78 is 0. The van der Waals surface area contributed by atoms with E-state index in [1.807, 2.05) is 45.0 Å². The highest BCUT2D eigenvalue weighted by atomic mass is 16.3. The lowest BCUT2D eigenvalue weighted by atomic mass is 9.95. The summed E-state index contributed by atoms with van der Waals surface area (Å²) >= 11 is 0. The van der Waals surface area contributed by atoms with E-state index in [0.29, 0.717) is 0 Å². The molecule has 0 spiro atoms. The van der Waals surface area contributed by atoms with Crippen LogP contribution >= 0.6 is 0 Å². The van der Waals surface area contributed by atoms with Crippen molar-refractivity contribution >= 4 is 0 Å². The van der Waals surface area contributed by atoms with Gasteiger partial charge in [0.05, 0.1) is 0 Å². The first-order chi connectivity index (χ1) is 8.00. The highest BCUT2D eigenvalue weighted by Crippen LogP contribution is 2.37. The van der Waals surface area contributed by atoms with Gasteiger partial charge in [0.15, 0.2) is 11.5 Å². The number of hydrogen-bond acceptors (Lipinski definition) is 2. The molecular weight excluding hydrogens is 212 g/mol. The topological polar surface area (TPSA) is 40.5 Å². The van der Waals surface area contributed by atoms with Crippen LogP contribution in [0.15, 0.2) is 30.3 Å². The van der Waals surface area contributed by atoms with Gasteiger partial charge in [0, 0.05) is 0 Å². The minimum absolute atomic E-state index is 0.0293. The molecule has 2 rings (SSSR count). The van der Waals surface area contributed by atoms with E-state index >= 15 is 0 Å². The average molecular weight is 228 g/mol. The quantitative estimate of drug-likeness (QED) is 0.731. The van der Waals surface area contributed by atoms with Gasteiger partial charge in [0.1, 0.15) is 0 Å². The van der Waals surface area contributed by atoms with Gasteiger partial charge in [-0.15, -0.1) is 0 Å². The lowest BCUT2D eigenvalue weighted by Crippen LogP contribution is -1.89. The molecule has 0 heterocycles. The Morgan fingerprint density at radius 1 is 0.824 bits per heavy atom. The van der Waals surface area contributed by atoms with Crippen molar-refractivity contribution in [3.8, 4) is 22.6 Å². The molecule has 88 valence electrons. The van der Waals surface area contributed by atoms with Crippen molar-refractivity contribution < 1.29 is 10.2 Å². The van der Waals surface area contributed by atoms with Crippen LogP contribution in [0, 0.1) is 20.8 Å². The molecule has 0 saturated heterocycles. The molecule has 2 heteroatoms. The summed E-state index contributed by atoms with van der Waals surface area (Å²) in [5.74, 6) is -0.0953. The minimum atomic E-state index is -0.0660. The second kappa shape index (κ2) is 4.13. The number of phenolic OH excluding ortho intramolecular Hbond substituents is 2. The Morgan fingerprint density at radius 2 is 1.41 bits per heavy atom. The Kier molecular flexibility index (Phi) is 2.80. The first kappa shape index (κ1) is 11.5. The third kappa shape index (κ3) is 1.98. The number of phenols is 2. The van der Waals surface area contributed by atoms with Crippen molar-refractivity contribution in [2.75, 3.05) is 0 Å². The Balaban J connectivity index is 2.64. The summed E-state index contributed by atoms with van der Waals surface area (Å²) in [5.41, 5.74) is 4.92. The van der Waals surface area contributed by atoms with Crippen LogP contribution in [0.4, 0.5) is 0 Å². The van der Waals surface area contributed by atoms with Gasteiger partial charge < -0.3 is 10.2 Å². The third-order valence-corrected chi connectivity index (χ3v) is 3.21. The van der Waals surface area contributed by atoms with Crippen LogP contribution in [-0.4, -0.2) is 10.2 Å². The molecular formula is C15H16O2. The maximum Gasteiger partial charge on any atom is 0.160 e. The summed E-state index contributed by atoms with van der Waals surface area (Å²) in [6.45, 7) is 5.79. The SMILES string of the molecule is Cc1ccc(-c2cc(O)c(O)c(C)c2C)cc1. The highest BCUT2D eigenvalue weighted by Gasteiger charge is 2.12. The van der Waals surface area contributed by atoms with Crippen LogP contribution in [0.1, 0.15) is 16.7 Å². The van der Waals surface area contributed by atoms with E-state index < -0.39 is 0 Å². The fourth-order valence-corrected chi connectivity index (χ4v) is 1.92. The molecule has 2 nitrogen and oxygen atoms in total. The van der Waals surface area contributed by atoms with Crippen molar-refractivity contribution in [2.45, 2.75) is 20.8 Å². The number of benzene rings is 2. The Morgan fingerprint density at radius 3 is 2.00 bits per heavy atom. The monoisotopic (exact) mass is 228 g/mol. The Hall–Kier alpha value is -1.96. The van der Waals surface area contributed by atoms with Crippen molar-refractivity contribution in [1.82, 2.24) is 0 Å². The molecule has 0 fully saturated rings. The van der Waals surface area contributed by atoms with Crippen LogP contribution in [-0.2, 0) is 0 Å². The molecule has 2 aromatic carbocycles. The number of hydrogen-bond donors (Lipinski definition) is 2. The van der Waals surface area contributed by atoms with E-state index in [4.69, 9.17) is 0 Å². The molecule has 0 aliphatic heterocycles. The van der Waals surface area contributed by atoms with Crippen LogP contribution < -0.4 is 0 Å². The van der Waals surface area contributed by atoms with Gasteiger partial charge in [-0.05, 0) is 49.1 Å². The summed E-state index contributed by atoms with van der Waals surface area (Å²) in [6.07, 6.45) is 0. The van der Waals surface area contributed by atoms with Crippen molar-refractivity contribution in [3.05, 3.63) is 47.0 Å². The normalized spacial score (nSPS) is 10.5. The summed E-state index contributed by atoms with van der Waals surface area (Å²) in [5, 5.41) is 19.3. The maximum atomic E-state index is 9.67. The molecule has 0 saturated carbocycles. The summed E-state index contributed by atoms with van der Waals surface area (Å²) in [4.78, 5) is 0. The molecule has 17 heavy (non-hydrogen) atoms. The van der Waals surface area contributed by atoms with Crippen molar-refractivity contribution in [2.24, 2.45) is 0 Å². The molecule has 0 aromatic heterocycles. The van der Waals surface area contributed by atoms with E-state index in [1.54, 1.807) is 6.07 Å². The van der Waals surface area contributed by atoms with Gasteiger partial charge in [0.2, 0.25) is 0 Å². The largest absolute Gasteiger partial charge is 0.504 e. The van der Waals surface area contributed by atoms with Gasteiger partial charge in [0.25, 0.3) is 0 Å². The smallest absolute Gasteiger partial charge is 0.160 e. The lowest BCUT2D eigenvalue weighted by Gasteiger charge is -2.12. The zero-order chi connectivity index (χ0) is 12.6. The molecule has 0 atom stereocenters. The van der Waals surface area contributed by atoms with Crippen molar-refractivity contribution in [3.63, 3.8) is 0 Å². The van der Waals surface area contributed by atoms with Gasteiger partial charge in [-0.2, -0.15) is 0 Å². The van der Waals surface area contributed by atoms with Crippen LogP contribution in [0.5, 0.6) is 11.5 Å². The van der Waals surface area contributed by atoms with E-state index in [2.05, 4.69) is 0 Å². The second-order valence-electron chi connectivity index (χ2n) is 4.41. The average Bonchev–Trinajstić information content (AvgIpc) is 2.32. The predicted molar refractivity (Wildman–Crippen MR) is 69.4 cm³/mol. The van der Waals surface area contributed by atoms with Gasteiger partial charge in [-0.3, -0.25) is 0 Å². The molecule has 2 N–H and O–H groups in total. The summed E-state index contributed by atoms with van der Waals surface area (Å²) in [6, 6.07) is 9.73. The number of rotatable bonds is 1. The maximum absolute atomic E-state index is 9.67. The highest BCUT2D eigenvalue weighted by molar-refractivity contribution is 5.73. The first-order valence-electron chi connectivity index (χ1n) is 5.60. The van der Waals surface area contributed by atoms with Gasteiger partial charge in [-0.25, -0.2) is 0 Å². The zero-order valence-electron chi connectivity index (χ0n) is 10.3. The summed E-state index contributed by atoms with van der Waals surface area (Å²) in [7, 11) is 0. The van der Waals surface area contributed by atoms with E-state index in [0.717, 1.165) is 22.3 Å². The van der Waals surface area contributed by atoms with E-state index in [-0.39, 0.29) is 11.5 Å². The molecule has 0 aliphatic carbocycles. The first-order valence-corrected chi connectivity index (χ1v) is 5.60. The van der Waals surface area contributed by atoms with Gasteiger partial charge >= 0.3 is 0 Å². The standard InChI is InChI=1S/C15H16O2/c1-9-4-6-12(7-5-9)13-8-14(16)15(17)11(3)10(13)2/h4-8,16-17H,1-3H3. The Bertz CT molecular complexity index is 554. The second-order valence-corrected chi connectivity index (χ2v) is 4.41. The van der Waals surface area contributed by atoms with E-state index in [9.17, 15) is 10.2 Å². The lowest BCUT2D eigenvalue weighted by molar-refractivity contribution is 0.401.